The lowest BCUT2D eigenvalue weighted by atomic mass is 9.87. The summed E-state index contributed by atoms with van der Waals surface area (Å²) in [6.07, 6.45) is 1.07. The highest BCUT2D eigenvalue weighted by Gasteiger charge is 2.31. The van der Waals surface area contributed by atoms with Gasteiger partial charge in [0, 0.05) is 17.1 Å². The molecule has 0 aliphatic heterocycles. The first-order valence-electron chi connectivity index (χ1n) is 11.8. The largest absolute Gasteiger partial charge is 0.350 e. The van der Waals surface area contributed by atoms with E-state index in [9.17, 15) is 18.0 Å². The van der Waals surface area contributed by atoms with Gasteiger partial charge in [0.2, 0.25) is 21.8 Å². The fourth-order valence-electron chi connectivity index (χ4n) is 3.58. The van der Waals surface area contributed by atoms with Gasteiger partial charge in [-0.1, -0.05) is 56.6 Å². The summed E-state index contributed by atoms with van der Waals surface area (Å²) < 4.78 is 26.5. The van der Waals surface area contributed by atoms with Crippen molar-refractivity contribution >= 4 is 39.1 Å². The highest BCUT2D eigenvalue weighted by Crippen LogP contribution is 2.26. The molecule has 2 rings (SSSR count). The summed E-state index contributed by atoms with van der Waals surface area (Å²) >= 11 is 6.00. The van der Waals surface area contributed by atoms with E-state index in [1.165, 1.54) is 4.90 Å². The zero-order chi connectivity index (χ0) is 27.5. The summed E-state index contributed by atoms with van der Waals surface area (Å²) in [5.41, 5.74) is 1.60. The number of nitrogens with one attached hydrogen (secondary N) is 1. The Bertz CT molecular complexity index is 1170. The molecule has 0 unspecified atom stereocenters. The molecule has 0 aliphatic rings. The second-order valence-electron chi connectivity index (χ2n) is 11.1. The zero-order valence-corrected chi connectivity index (χ0v) is 24.0. The molecular formula is C27H38ClN3O4S. The maximum Gasteiger partial charge on any atom is 0.244 e. The summed E-state index contributed by atoms with van der Waals surface area (Å²) in [7, 11) is -3.78. The lowest BCUT2D eigenvalue weighted by molar-refractivity contribution is -0.140. The van der Waals surface area contributed by atoms with Crippen LogP contribution in [0.3, 0.4) is 0 Å². The molecule has 0 radical (unpaired) electrons. The number of amides is 2. The molecule has 0 aromatic heterocycles. The second kappa shape index (κ2) is 11.2. The molecule has 7 nitrogen and oxygen atoms in total. The molecule has 1 N–H and O–H groups in total. The Kier molecular flexibility index (Phi) is 9.24. The molecule has 2 aromatic rings. The van der Waals surface area contributed by atoms with Crippen molar-refractivity contribution in [3.05, 3.63) is 64.7 Å². The Hall–Kier alpha value is -2.58. The molecule has 0 heterocycles. The Balaban J connectivity index is 2.41. The van der Waals surface area contributed by atoms with Crippen LogP contribution in [0.1, 0.15) is 59.6 Å². The minimum absolute atomic E-state index is 0.102. The van der Waals surface area contributed by atoms with Crippen molar-refractivity contribution in [2.45, 2.75) is 72.0 Å². The van der Waals surface area contributed by atoms with Crippen LogP contribution < -0.4 is 9.62 Å². The van der Waals surface area contributed by atoms with Crippen molar-refractivity contribution in [1.29, 1.82) is 0 Å². The van der Waals surface area contributed by atoms with Crippen LogP contribution in [0, 0.1) is 0 Å². The van der Waals surface area contributed by atoms with Crippen LogP contribution >= 0.6 is 11.6 Å². The van der Waals surface area contributed by atoms with Crippen LogP contribution in [0.25, 0.3) is 0 Å². The summed E-state index contributed by atoms with van der Waals surface area (Å²) in [5, 5.41) is 3.45. The third-order valence-corrected chi connectivity index (χ3v) is 7.02. The van der Waals surface area contributed by atoms with Crippen molar-refractivity contribution in [2.75, 3.05) is 17.1 Å². The molecular weight excluding hydrogens is 498 g/mol. The van der Waals surface area contributed by atoms with E-state index in [2.05, 4.69) is 26.1 Å². The van der Waals surface area contributed by atoms with E-state index in [1.807, 2.05) is 32.9 Å². The van der Waals surface area contributed by atoms with Crippen molar-refractivity contribution < 1.29 is 18.0 Å². The van der Waals surface area contributed by atoms with Crippen LogP contribution in [0.15, 0.2) is 48.5 Å². The summed E-state index contributed by atoms with van der Waals surface area (Å²) in [6, 6.07) is 13.3. The summed E-state index contributed by atoms with van der Waals surface area (Å²) in [5.74, 6) is -0.822. The van der Waals surface area contributed by atoms with Crippen LogP contribution in [0.2, 0.25) is 5.02 Å². The predicted octanol–water partition coefficient (Wildman–Crippen LogP) is 4.74. The first-order chi connectivity index (χ1) is 16.4. The molecule has 2 aromatic carbocycles. The van der Waals surface area contributed by atoms with Crippen LogP contribution in [0.5, 0.6) is 0 Å². The van der Waals surface area contributed by atoms with E-state index in [-0.39, 0.29) is 17.9 Å². The Labute approximate surface area is 220 Å². The minimum atomic E-state index is -3.78. The number of rotatable bonds is 8. The van der Waals surface area contributed by atoms with Gasteiger partial charge in [0.25, 0.3) is 0 Å². The molecule has 198 valence electrons. The molecule has 2 amide bonds. The van der Waals surface area contributed by atoms with Crippen LogP contribution in [0.4, 0.5) is 5.69 Å². The molecule has 0 fully saturated rings. The lowest BCUT2D eigenvalue weighted by Gasteiger charge is -2.33. The monoisotopic (exact) mass is 535 g/mol. The van der Waals surface area contributed by atoms with Crippen molar-refractivity contribution in [1.82, 2.24) is 10.2 Å². The molecule has 9 heteroatoms. The molecule has 0 saturated heterocycles. The van der Waals surface area contributed by atoms with Gasteiger partial charge in [0.1, 0.15) is 12.6 Å². The van der Waals surface area contributed by atoms with Gasteiger partial charge in [-0.3, -0.25) is 13.9 Å². The highest BCUT2D eigenvalue weighted by molar-refractivity contribution is 7.92. The number of carbonyl (C=O) groups excluding carboxylic acids is 2. The minimum Gasteiger partial charge on any atom is -0.350 e. The number of benzene rings is 2. The highest BCUT2D eigenvalue weighted by atomic mass is 35.5. The standard InChI is InChI=1S/C27H38ClN3O4S/c1-19(25(33)29-27(5,6)7)30(17-20-9-13-22(28)14-10-20)24(32)18-31(36(8,34)35)23-15-11-21(12-16-23)26(2,3)4/h9-16,19H,17-18H2,1-8H3,(H,29,33)/t19-/m1/s1. The third kappa shape index (κ3) is 8.52. The Morgan fingerprint density at radius 3 is 1.92 bits per heavy atom. The first kappa shape index (κ1) is 29.6. The van der Waals surface area contributed by atoms with Gasteiger partial charge < -0.3 is 10.2 Å². The van der Waals surface area contributed by atoms with Gasteiger partial charge in [-0.2, -0.15) is 0 Å². The number of hydrogen-bond acceptors (Lipinski definition) is 4. The molecule has 0 saturated carbocycles. The maximum atomic E-state index is 13.6. The van der Waals surface area contributed by atoms with Crippen LogP contribution in [-0.2, 0) is 31.6 Å². The fourth-order valence-corrected chi connectivity index (χ4v) is 4.56. The van der Waals surface area contributed by atoms with Gasteiger partial charge in [-0.15, -0.1) is 0 Å². The Morgan fingerprint density at radius 1 is 0.944 bits per heavy atom. The van der Waals surface area contributed by atoms with E-state index in [0.29, 0.717) is 10.7 Å². The predicted molar refractivity (Wildman–Crippen MR) is 147 cm³/mol. The van der Waals surface area contributed by atoms with Crippen molar-refractivity contribution in [3.8, 4) is 0 Å². The van der Waals surface area contributed by atoms with Crippen LogP contribution in [-0.4, -0.2) is 49.5 Å². The Morgan fingerprint density at radius 2 is 1.47 bits per heavy atom. The number of nitrogens with zero attached hydrogens (tertiary/aromatic N) is 2. The molecule has 0 spiro atoms. The van der Waals surface area contributed by atoms with E-state index in [4.69, 9.17) is 11.6 Å². The number of hydrogen-bond donors (Lipinski definition) is 1. The topological polar surface area (TPSA) is 86.8 Å². The van der Waals surface area contributed by atoms with Gasteiger partial charge >= 0.3 is 0 Å². The smallest absolute Gasteiger partial charge is 0.244 e. The number of halogens is 1. The third-order valence-electron chi connectivity index (χ3n) is 5.63. The van der Waals surface area contributed by atoms with E-state index < -0.39 is 34.1 Å². The van der Waals surface area contributed by atoms with Crippen molar-refractivity contribution in [3.63, 3.8) is 0 Å². The quantitative estimate of drug-likeness (QED) is 0.529. The first-order valence-corrected chi connectivity index (χ1v) is 14.1. The zero-order valence-electron chi connectivity index (χ0n) is 22.4. The summed E-state index contributed by atoms with van der Waals surface area (Å²) in [6.45, 7) is 13.1. The van der Waals surface area contributed by atoms with E-state index in [0.717, 1.165) is 21.7 Å². The molecule has 0 bridgehead atoms. The lowest BCUT2D eigenvalue weighted by Crippen LogP contribution is -2.54. The van der Waals surface area contributed by atoms with Crippen molar-refractivity contribution in [2.24, 2.45) is 0 Å². The molecule has 36 heavy (non-hydrogen) atoms. The number of sulfonamides is 1. The second-order valence-corrected chi connectivity index (χ2v) is 13.5. The fraction of sp³-hybridized carbons (Fsp3) is 0.481. The van der Waals surface area contributed by atoms with Gasteiger partial charge in [-0.05, 0) is 68.5 Å². The SMILES string of the molecule is C[C@H](C(=O)NC(C)(C)C)N(Cc1ccc(Cl)cc1)C(=O)CN(c1ccc(C(C)(C)C)cc1)S(C)(=O)=O. The maximum absolute atomic E-state index is 13.6. The molecule has 0 aliphatic carbocycles. The number of anilines is 1. The van der Waals surface area contributed by atoms with E-state index in [1.54, 1.807) is 43.3 Å². The van der Waals surface area contributed by atoms with Gasteiger partial charge in [0.15, 0.2) is 0 Å². The average molecular weight is 536 g/mol. The average Bonchev–Trinajstić information content (AvgIpc) is 2.74. The number of carbonyl (C=O) groups is 2. The van der Waals surface area contributed by atoms with E-state index >= 15 is 0 Å². The van der Waals surface area contributed by atoms with Gasteiger partial charge in [-0.25, -0.2) is 8.42 Å². The molecule has 1 atom stereocenters. The normalized spacial score (nSPS) is 13.1. The van der Waals surface area contributed by atoms with Gasteiger partial charge in [0.05, 0.1) is 11.9 Å². The summed E-state index contributed by atoms with van der Waals surface area (Å²) in [4.78, 5) is 28.0.